The number of nitrogens with one attached hydrogen (secondary N) is 2. The SMILES string of the molecule is Cc1nn(Cc2ccccc2)c(C)c1CNC[C@@H]1CNc2ccnn2C1. The smallest absolute Gasteiger partial charge is 0.124 e. The highest BCUT2D eigenvalue weighted by Gasteiger charge is 2.18. The summed E-state index contributed by atoms with van der Waals surface area (Å²) in [5.74, 6) is 1.66. The van der Waals surface area contributed by atoms with E-state index in [-0.39, 0.29) is 0 Å². The van der Waals surface area contributed by atoms with E-state index in [4.69, 9.17) is 5.10 Å². The maximum absolute atomic E-state index is 4.74. The standard InChI is InChI=1S/C20H26N6/c1-15-19(16(2)25(24-15)13-17-6-4-3-5-7-17)12-21-10-18-11-22-20-8-9-23-26(20)14-18/h3-9,18,21-22H,10-14H2,1-2H3/t18-/m1/s1. The molecule has 0 amide bonds. The number of hydrogen-bond acceptors (Lipinski definition) is 4. The first-order valence-corrected chi connectivity index (χ1v) is 9.24. The zero-order valence-corrected chi connectivity index (χ0v) is 15.4. The van der Waals surface area contributed by atoms with Gasteiger partial charge < -0.3 is 10.6 Å². The van der Waals surface area contributed by atoms with Crippen molar-refractivity contribution >= 4 is 5.82 Å². The van der Waals surface area contributed by atoms with Gasteiger partial charge in [0, 0.05) is 49.4 Å². The molecule has 2 aromatic heterocycles. The Morgan fingerprint density at radius 2 is 2.04 bits per heavy atom. The van der Waals surface area contributed by atoms with Crippen LogP contribution in [0.3, 0.4) is 0 Å². The highest BCUT2D eigenvalue weighted by atomic mass is 15.3. The van der Waals surface area contributed by atoms with Gasteiger partial charge in [-0.2, -0.15) is 10.2 Å². The third-order valence-electron chi connectivity index (χ3n) is 5.16. The minimum absolute atomic E-state index is 0.544. The fraction of sp³-hybridized carbons (Fsp3) is 0.400. The maximum Gasteiger partial charge on any atom is 0.124 e. The topological polar surface area (TPSA) is 59.7 Å². The van der Waals surface area contributed by atoms with E-state index in [9.17, 15) is 0 Å². The van der Waals surface area contributed by atoms with Gasteiger partial charge in [-0.15, -0.1) is 0 Å². The summed E-state index contributed by atoms with van der Waals surface area (Å²) >= 11 is 0. The maximum atomic E-state index is 4.74. The van der Waals surface area contributed by atoms with Gasteiger partial charge in [0.1, 0.15) is 5.82 Å². The van der Waals surface area contributed by atoms with Crippen molar-refractivity contribution in [2.45, 2.75) is 33.5 Å². The number of aryl methyl sites for hydroxylation is 1. The van der Waals surface area contributed by atoms with Crippen LogP contribution in [0.15, 0.2) is 42.6 Å². The molecule has 1 aromatic carbocycles. The van der Waals surface area contributed by atoms with E-state index < -0.39 is 0 Å². The Morgan fingerprint density at radius 3 is 2.88 bits per heavy atom. The van der Waals surface area contributed by atoms with Gasteiger partial charge in [0.05, 0.1) is 18.4 Å². The van der Waals surface area contributed by atoms with E-state index >= 15 is 0 Å². The molecule has 0 unspecified atom stereocenters. The normalized spacial score (nSPS) is 16.3. The number of anilines is 1. The minimum Gasteiger partial charge on any atom is -0.370 e. The number of hydrogen-bond donors (Lipinski definition) is 2. The van der Waals surface area contributed by atoms with E-state index in [0.717, 1.165) is 44.2 Å². The summed E-state index contributed by atoms with van der Waals surface area (Å²) in [6, 6.07) is 12.5. The molecule has 0 saturated carbocycles. The van der Waals surface area contributed by atoms with Gasteiger partial charge in [0.2, 0.25) is 0 Å². The monoisotopic (exact) mass is 350 g/mol. The van der Waals surface area contributed by atoms with Crippen LogP contribution in [0.25, 0.3) is 0 Å². The van der Waals surface area contributed by atoms with Crippen molar-refractivity contribution in [3.8, 4) is 0 Å². The molecular weight excluding hydrogens is 324 g/mol. The van der Waals surface area contributed by atoms with Crippen LogP contribution < -0.4 is 10.6 Å². The average molecular weight is 350 g/mol. The van der Waals surface area contributed by atoms with Gasteiger partial charge in [-0.3, -0.25) is 4.68 Å². The molecule has 1 aliphatic heterocycles. The van der Waals surface area contributed by atoms with E-state index in [2.05, 4.69) is 58.5 Å². The molecule has 0 spiro atoms. The largest absolute Gasteiger partial charge is 0.370 e. The fourth-order valence-electron chi connectivity index (χ4n) is 3.62. The first kappa shape index (κ1) is 16.8. The molecule has 0 saturated heterocycles. The Labute approximate surface area is 154 Å². The quantitative estimate of drug-likeness (QED) is 0.717. The first-order valence-electron chi connectivity index (χ1n) is 9.24. The molecule has 0 radical (unpaired) electrons. The number of fused-ring (bicyclic) bond motifs is 1. The lowest BCUT2D eigenvalue weighted by molar-refractivity contribution is 0.391. The van der Waals surface area contributed by atoms with Crippen LogP contribution in [0, 0.1) is 19.8 Å². The Hall–Kier alpha value is -2.60. The van der Waals surface area contributed by atoms with E-state index in [0.29, 0.717) is 5.92 Å². The van der Waals surface area contributed by atoms with E-state index in [1.165, 1.54) is 16.8 Å². The summed E-state index contributed by atoms with van der Waals surface area (Å²) in [6.45, 7) is 8.87. The Morgan fingerprint density at radius 1 is 1.19 bits per heavy atom. The summed E-state index contributed by atoms with van der Waals surface area (Å²) in [5.41, 5.74) is 4.95. The molecule has 0 aliphatic carbocycles. The second kappa shape index (κ2) is 7.33. The van der Waals surface area contributed by atoms with Crippen molar-refractivity contribution in [1.29, 1.82) is 0 Å². The predicted octanol–water partition coefficient (Wildman–Crippen LogP) is 2.58. The van der Waals surface area contributed by atoms with Gasteiger partial charge in [0.15, 0.2) is 0 Å². The van der Waals surface area contributed by atoms with Gasteiger partial charge in [-0.05, 0) is 19.4 Å². The van der Waals surface area contributed by atoms with Crippen molar-refractivity contribution in [3.63, 3.8) is 0 Å². The summed E-state index contributed by atoms with van der Waals surface area (Å²) in [7, 11) is 0. The van der Waals surface area contributed by atoms with Crippen molar-refractivity contribution in [2.75, 3.05) is 18.4 Å². The van der Waals surface area contributed by atoms with Gasteiger partial charge >= 0.3 is 0 Å². The summed E-state index contributed by atoms with van der Waals surface area (Å²) < 4.78 is 4.16. The zero-order valence-electron chi connectivity index (χ0n) is 15.4. The van der Waals surface area contributed by atoms with Crippen LogP contribution >= 0.6 is 0 Å². The Kier molecular flexibility index (Phi) is 4.75. The lowest BCUT2D eigenvalue weighted by atomic mass is 10.1. The summed E-state index contributed by atoms with van der Waals surface area (Å²) in [5, 5.41) is 16.2. The molecule has 6 heteroatoms. The third kappa shape index (κ3) is 3.51. The number of nitrogens with zero attached hydrogens (tertiary/aromatic N) is 4. The highest BCUT2D eigenvalue weighted by Crippen LogP contribution is 2.17. The first-order chi connectivity index (χ1) is 12.7. The van der Waals surface area contributed by atoms with Crippen LogP contribution in [-0.4, -0.2) is 32.7 Å². The van der Waals surface area contributed by atoms with E-state index in [1.54, 1.807) is 0 Å². The Balaban J connectivity index is 1.35. The fourth-order valence-corrected chi connectivity index (χ4v) is 3.62. The number of benzene rings is 1. The van der Waals surface area contributed by atoms with Gasteiger partial charge in [-0.1, -0.05) is 30.3 Å². The molecule has 0 bridgehead atoms. The Bertz CT molecular complexity index is 864. The molecule has 6 nitrogen and oxygen atoms in total. The third-order valence-corrected chi connectivity index (χ3v) is 5.16. The molecule has 26 heavy (non-hydrogen) atoms. The van der Waals surface area contributed by atoms with Gasteiger partial charge in [-0.25, -0.2) is 4.68 Å². The highest BCUT2D eigenvalue weighted by molar-refractivity contribution is 5.35. The minimum atomic E-state index is 0.544. The molecular formula is C20H26N6. The van der Waals surface area contributed by atoms with E-state index in [1.807, 2.05) is 23.0 Å². The van der Waals surface area contributed by atoms with Crippen LogP contribution in [0.2, 0.25) is 0 Å². The molecule has 136 valence electrons. The zero-order chi connectivity index (χ0) is 17.9. The van der Waals surface area contributed by atoms with Crippen molar-refractivity contribution < 1.29 is 0 Å². The average Bonchev–Trinajstić information content (AvgIpc) is 3.22. The lowest BCUT2D eigenvalue weighted by Gasteiger charge is -2.25. The van der Waals surface area contributed by atoms with Crippen molar-refractivity contribution in [2.24, 2.45) is 5.92 Å². The second-order valence-electron chi connectivity index (χ2n) is 7.07. The molecule has 1 atom stereocenters. The van der Waals surface area contributed by atoms with Crippen LogP contribution in [0.1, 0.15) is 22.5 Å². The lowest BCUT2D eigenvalue weighted by Crippen LogP contribution is -2.35. The molecule has 2 N–H and O–H groups in total. The van der Waals surface area contributed by atoms with Crippen molar-refractivity contribution in [3.05, 3.63) is 65.1 Å². The number of aromatic nitrogens is 4. The molecule has 4 rings (SSSR count). The van der Waals surface area contributed by atoms with Crippen LogP contribution in [0.4, 0.5) is 5.82 Å². The summed E-state index contributed by atoms with van der Waals surface area (Å²) in [6.07, 6.45) is 1.85. The van der Waals surface area contributed by atoms with Gasteiger partial charge in [0.25, 0.3) is 0 Å². The van der Waals surface area contributed by atoms with Crippen LogP contribution in [0.5, 0.6) is 0 Å². The molecule has 0 fully saturated rings. The van der Waals surface area contributed by atoms with Crippen molar-refractivity contribution in [1.82, 2.24) is 24.9 Å². The molecule has 1 aliphatic rings. The molecule has 3 heterocycles. The van der Waals surface area contributed by atoms with Crippen LogP contribution in [-0.2, 0) is 19.6 Å². The number of rotatable bonds is 6. The predicted molar refractivity (Wildman–Crippen MR) is 103 cm³/mol. The second-order valence-corrected chi connectivity index (χ2v) is 7.07. The summed E-state index contributed by atoms with van der Waals surface area (Å²) in [4.78, 5) is 0. The molecule has 3 aromatic rings.